The minimum atomic E-state index is -0.0507. The van der Waals surface area contributed by atoms with E-state index in [0.717, 1.165) is 27.9 Å². The van der Waals surface area contributed by atoms with Gasteiger partial charge >= 0.3 is 5.82 Å². The summed E-state index contributed by atoms with van der Waals surface area (Å²) in [6.07, 6.45) is 0. The number of hydrogen-bond donors (Lipinski definition) is 0. The summed E-state index contributed by atoms with van der Waals surface area (Å²) >= 11 is 0. The molecule has 1 aromatic heterocycles. The van der Waals surface area contributed by atoms with Crippen molar-refractivity contribution in [1.82, 2.24) is 9.97 Å². The molecule has 6 nitrogen and oxygen atoms in total. The molecule has 0 radical (unpaired) electrons. The van der Waals surface area contributed by atoms with E-state index in [2.05, 4.69) is 26.9 Å². The molecule has 0 fully saturated rings. The highest BCUT2D eigenvalue weighted by Gasteiger charge is 2.40. The average molecular weight is 398 g/mol. The monoisotopic (exact) mass is 398 g/mol. The summed E-state index contributed by atoms with van der Waals surface area (Å²) in [4.78, 5) is 11.6. The van der Waals surface area contributed by atoms with E-state index in [1.807, 2.05) is 54.6 Å². The lowest BCUT2D eigenvalue weighted by molar-refractivity contribution is 0.465. The predicted molar refractivity (Wildman–Crippen MR) is 116 cm³/mol. The van der Waals surface area contributed by atoms with Crippen LogP contribution in [-0.2, 0) is 0 Å². The van der Waals surface area contributed by atoms with Crippen molar-refractivity contribution >= 4 is 28.9 Å². The van der Waals surface area contributed by atoms with Crippen molar-refractivity contribution in [2.45, 2.75) is 0 Å². The first kappa shape index (κ1) is 17.3. The lowest BCUT2D eigenvalue weighted by atomic mass is 9.35. The summed E-state index contributed by atoms with van der Waals surface area (Å²) in [7, 11) is 0. The molecule has 0 saturated heterocycles. The smallest absolute Gasteiger partial charge is 0.326 e. The van der Waals surface area contributed by atoms with Gasteiger partial charge in [-0.2, -0.15) is 10.2 Å². The van der Waals surface area contributed by atoms with Gasteiger partial charge in [0.2, 0.25) is 0 Å². The highest BCUT2D eigenvalue weighted by Crippen LogP contribution is 2.38. The van der Waals surface area contributed by atoms with Gasteiger partial charge in [0, 0.05) is 11.0 Å². The van der Waals surface area contributed by atoms with Crippen molar-refractivity contribution in [2.24, 2.45) is 0 Å². The van der Waals surface area contributed by atoms with Gasteiger partial charge in [-0.1, -0.05) is 48.0 Å². The first-order valence-electron chi connectivity index (χ1n) is 9.63. The molecule has 4 aromatic rings. The number of hydrogen-bond acceptors (Lipinski definition) is 5. The van der Waals surface area contributed by atoms with Crippen molar-refractivity contribution < 1.29 is 9.47 Å². The molecule has 3 aromatic carbocycles. The summed E-state index contributed by atoms with van der Waals surface area (Å²) in [6.45, 7) is 7.27. The maximum Gasteiger partial charge on any atom is 0.326 e. The van der Waals surface area contributed by atoms with Gasteiger partial charge in [0.05, 0.1) is 5.69 Å². The Balaban J connectivity index is 1.61. The van der Waals surface area contributed by atoms with Crippen LogP contribution >= 0.6 is 0 Å². The molecule has 0 unspecified atom stereocenters. The van der Waals surface area contributed by atoms with Crippen LogP contribution in [0.4, 0.5) is 5.82 Å². The fourth-order valence-corrected chi connectivity index (χ4v) is 4.23. The van der Waals surface area contributed by atoms with Gasteiger partial charge in [-0.05, 0) is 41.3 Å². The molecule has 6 rings (SSSR count). The van der Waals surface area contributed by atoms with E-state index < -0.39 is 0 Å². The van der Waals surface area contributed by atoms with Crippen molar-refractivity contribution in [3.63, 3.8) is 0 Å². The van der Waals surface area contributed by atoms with Gasteiger partial charge in [0.15, 0.2) is 6.07 Å². The molecular weight excluding hydrogens is 387 g/mol. The van der Waals surface area contributed by atoms with Crippen LogP contribution in [0.15, 0.2) is 66.7 Å². The number of nitrogens with zero attached hydrogens (tertiary/aromatic N) is 4. The second-order valence-electron chi connectivity index (χ2n) is 7.26. The lowest BCUT2D eigenvalue weighted by Crippen LogP contribution is -2.57. The van der Waals surface area contributed by atoms with Crippen LogP contribution in [-0.4, -0.2) is 16.7 Å². The van der Waals surface area contributed by atoms with E-state index in [0.29, 0.717) is 22.8 Å². The van der Waals surface area contributed by atoms with Gasteiger partial charge in [-0.15, -0.1) is 0 Å². The normalized spacial score (nSPS) is 12.3. The summed E-state index contributed by atoms with van der Waals surface area (Å²) in [5.41, 5.74) is 4.29. The van der Waals surface area contributed by atoms with E-state index in [4.69, 9.17) is 16.0 Å². The number of ether oxygens (including phenoxy) is 2. The quantitative estimate of drug-likeness (QED) is 0.314. The predicted octanol–water partition coefficient (Wildman–Crippen LogP) is 3.29. The van der Waals surface area contributed by atoms with Crippen LogP contribution in [0.5, 0.6) is 23.0 Å². The van der Waals surface area contributed by atoms with Crippen LogP contribution in [0.2, 0.25) is 0 Å². The molecule has 2 aliphatic rings. The van der Waals surface area contributed by atoms with Gasteiger partial charge < -0.3 is 14.3 Å². The average Bonchev–Trinajstić information content (AvgIpc) is 2.83. The fraction of sp³-hybridized carbons (Fsp3) is 0. The van der Waals surface area contributed by atoms with E-state index in [1.54, 1.807) is 6.07 Å². The SMILES string of the molecule is [C-]#[N+]c1cc(-c2cc3c4c(c2)Oc2ccccc2B4c2ccccc2O3)nc(C#N)n1. The molecule has 0 atom stereocenters. The van der Waals surface area contributed by atoms with Gasteiger partial charge in [0.1, 0.15) is 23.0 Å². The Kier molecular flexibility index (Phi) is 3.59. The molecule has 0 bridgehead atoms. The van der Waals surface area contributed by atoms with E-state index in [9.17, 15) is 5.26 Å². The number of fused-ring (bicyclic) bond motifs is 4. The number of benzene rings is 3. The number of para-hydroxylation sites is 2. The highest BCUT2D eigenvalue weighted by atomic mass is 16.5. The third-order valence-corrected chi connectivity index (χ3v) is 5.52. The molecule has 0 aliphatic carbocycles. The van der Waals surface area contributed by atoms with Crippen LogP contribution in [0.1, 0.15) is 5.82 Å². The van der Waals surface area contributed by atoms with E-state index in [-0.39, 0.29) is 18.4 Å². The number of aromatic nitrogens is 2. The Morgan fingerprint density at radius 2 is 1.45 bits per heavy atom. The zero-order valence-corrected chi connectivity index (χ0v) is 16.0. The van der Waals surface area contributed by atoms with Crippen LogP contribution in [0.3, 0.4) is 0 Å². The highest BCUT2D eigenvalue weighted by molar-refractivity contribution is 6.98. The Hall–Kier alpha value is -4.62. The van der Waals surface area contributed by atoms with Gasteiger partial charge in [0.25, 0.3) is 12.5 Å². The van der Waals surface area contributed by atoms with Crippen molar-refractivity contribution in [1.29, 1.82) is 5.26 Å². The maximum atomic E-state index is 9.26. The minimum Gasteiger partial charge on any atom is -0.458 e. The molecule has 0 spiro atoms. The van der Waals surface area contributed by atoms with E-state index in [1.165, 1.54) is 0 Å². The first-order chi connectivity index (χ1) is 15.2. The van der Waals surface area contributed by atoms with Crippen LogP contribution < -0.4 is 25.9 Å². The topological polar surface area (TPSA) is 72.4 Å². The van der Waals surface area contributed by atoms with E-state index >= 15 is 0 Å². The first-order valence-corrected chi connectivity index (χ1v) is 9.63. The van der Waals surface area contributed by atoms with Crippen LogP contribution in [0, 0.1) is 17.9 Å². The molecule has 3 heterocycles. The second kappa shape index (κ2) is 6.45. The number of nitriles is 1. The molecule has 7 heteroatoms. The summed E-state index contributed by atoms with van der Waals surface area (Å²) in [5.74, 6) is 3.00. The standard InChI is InChI=1S/C24H11BN4O2/c1-27-22-12-17(28-23(13-26)29-22)14-10-20-24-21(11-14)31-19-9-5-3-7-16(19)25(24)15-6-2-4-8-18(15)30-20/h2-12H. The summed E-state index contributed by atoms with van der Waals surface area (Å²) < 4.78 is 12.5. The van der Waals surface area contributed by atoms with Gasteiger partial charge in [-0.25, -0.2) is 0 Å². The summed E-state index contributed by atoms with van der Waals surface area (Å²) in [6, 6.07) is 23.2. The molecule has 2 aliphatic heterocycles. The Morgan fingerprint density at radius 1 is 0.839 bits per heavy atom. The van der Waals surface area contributed by atoms with Crippen LogP contribution in [0.25, 0.3) is 16.1 Å². The molecule has 142 valence electrons. The lowest BCUT2D eigenvalue weighted by Gasteiger charge is -2.33. The maximum absolute atomic E-state index is 9.26. The third kappa shape index (κ3) is 2.58. The Morgan fingerprint density at radius 3 is 2.03 bits per heavy atom. The molecule has 31 heavy (non-hydrogen) atoms. The number of rotatable bonds is 1. The van der Waals surface area contributed by atoms with Crippen molar-refractivity contribution in [2.75, 3.05) is 0 Å². The fourth-order valence-electron chi connectivity index (χ4n) is 4.23. The van der Waals surface area contributed by atoms with Crippen molar-refractivity contribution in [3.8, 4) is 40.3 Å². The molecule has 0 N–H and O–H groups in total. The third-order valence-electron chi connectivity index (χ3n) is 5.52. The Labute approximate surface area is 178 Å². The zero-order chi connectivity index (χ0) is 20.9. The van der Waals surface area contributed by atoms with Gasteiger partial charge in [-0.3, -0.25) is 0 Å². The minimum absolute atomic E-state index is 0.00665. The zero-order valence-electron chi connectivity index (χ0n) is 16.0. The molecular formula is C24H11BN4O2. The Bertz CT molecular complexity index is 1380. The molecule has 0 amide bonds. The summed E-state index contributed by atoms with van der Waals surface area (Å²) in [5, 5.41) is 9.26. The largest absolute Gasteiger partial charge is 0.458 e. The van der Waals surface area contributed by atoms with Crippen molar-refractivity contribution in [3.05, 3.63) is 84.0 Å². The second-order valence-corrected chi connectivity index (χ2v) is 7.26. The molecule has 0 saturated carbocycles.